The SMILES string of the molecule is CC(C)C1CCC(C)(CCC(=O)O)CC1. The second-order valence-electron chi connectivity index (χ2n) is 5.79. The van der Waals surface area contributed by atoms with E-state index in [1.807, 2.05) is 0 Å². The maximum Gasteiger partial charge on any atom is 0.303 e. The Kier molecular flexibility index (Phi) is 4.18. The highest BCUT2D eigenvalue weighted by Crippen LogP contribution is 2.43. The van der Waals surface area contributed by atoms with Crippen LogP contribution in [0.15, 0.2) is 0 Å². The topological polar surface area (TPSA) is 37.3 Å². The average Bonchev–Trinajstić information content (AvgIpc) is 2.16. The Balaban J connectivity index is 2.37. The van der Waals surface area contributed by atoms with E-state index in [9.17, 15) is 4.79 Å². The number of carboxylic acids is 1. The Bertz CT molecular complexity index is 213. The lowest BCUT2D eigenvalue weighted by Crippen LogP contribution is -2.27. The van der Waals surface area contributed by atoms with Gasteiger partial charge in [-0.15, -0.1) is 0 Å². The van der Waals surface area contributed by atoms with Crippen LogP contribution in [0, 0.1) is 17.3 Å². The molecule has 0 aromatic heterocycles. The fourth-order valence-corrected chi connectivity index (χ4v) is 2.66. The number of hydrogen-bond acceptors (Lipinski definition) is 1. The summed E-state index contributed by atoms with van der Waals surface area (Å²) in [6.07, 6.45) is 6.18. The van der Waals surface area contributed by atoms with E-state index in [2.05, 4.69) is 20.8 Å². The van der Waals surface area contributed by atoms with Crippen molar-refractivity contribution in [3.63, 3.8) is 0 Å². The summed E-state index contributed by atoms with van der Waals surface area (Å²) in [5.41, 5.74) is 0.295. The zero-order chi connectivity index (χ0) is 11.5. The normalized spacial score (nSPS) is 31.9. The summed E-state index contributed by atoms with van der Waals surface area (Å²) in [5.74, 6) is 0.999. The molecule has 2 nitrogen and oxygen atoms in total. The van der Waals surface area contributed by atoms with Gasteiger partial charge in [0.25, 0.3) is 0 Å². The molecule has 0 bridgehead atoms. The number of rotatable bonds is 4. The Labute approximate surface area is 93.1 Å². The lowest BCUT2D eigenvalue weighted by Gasteiger charge is -2.38. The summed E-state index contributed by atoms with van der Waals surface area (Å²) in [7, 11) is 0. The molecule has 1 rings (SSSR count). The van der Waals surface area contributed by atoms with E-state index in [-0.39, 0.29) is 0 Å². The lowest BCUT2D eigenvalue weighted by molar-refractivity contribution is -0.137. The molecule has 0 heterocycles. The first kappa shape index (κ1) is 12.5. The van der Waals surface area contributed by atoms with Crippen molar-refractivity contribution >= 4 is 5.97 Å². The fraction of sp³-hybridized carbons (Fsp3) is 0.923. The highest BCUT2D eigenvalue weighted by atomic mass is 16.4. The molecule has 0 radical (unpaired) electrons. The summed E-state index contributed by atoms with van der Waals surface area (Å²) in [5, 5.41) is 8.70. The molecule has 0 saturated heterocycles. The van der Waals surface area contributed by atoms with Crippen molar-refractivity contribution in [2.45, 2.75) is 59.3 Å². The number of aliphatic carboxylic acids is 1. The van der Waals surface area contributed by atoms with Gasteiger partial charge in [0.1, 0.15) is 0 Å². The molecule has 2 heteroatoms. The first-order chi connectivity index (χ1) is 6.93. The minimum Gasteiger partial charge on any atom is -0.481 e. The van der Waals surface area contributed by atoms with E-state index in [0.717, 1.165) is 18.3 Å². The van der Waals surface area contributed by atoms with Gasteiger partial charge in [-0.2, -0.15) is 0 Å². The van der Waals surface area contributed by atoms with Gasteiger partial charge in [-0.25, -0.2) is 0 Å². The van der Waals surface area contributed by atoms with Crippen LogP contribution in [0.3, 0.4) is 0 Å². The first-order valence-corrected chi connectivity index (χ1v) is 6.15. The smallest absolute Gasteiger partial charge is 0.303 e. The Morgan fingerprint density at radius 3 is 2.33 bits per heavy atom. The molecule has 1 aliphatic carbocycles. The Morgan fingerprint density at radius 2 is 1.93 bits per heavy atom. The van der Waals surface area contributed by atoms with Crippen LogP contribution < -0.4 is 0 Å². The summed E-state index contributed by atoms with van der Waals surface area (Å²) >= 11 is 0. The second-order valence-corrected chi connectivity index (χ2v) is 5.79. The van der Waals surface area contributed by atoms with Crippen molar-refractivity contribution < 1.29 is 9.90 Å². The predicted molar refractivity (Wildman–Crippen MR) is 61.8 cm³/mol. The Hall–Kier alpha value is -0.530. The van der Waals surface area contributed by atoms with Crippen LogP contribution in [0.5, 0.6) is 0 Å². The predicted octanol–water partition coefficient (Wildman–Crippen LogP) is 3.70. The third kappa shape index (κ3) is 3.84. The van der Waals surface area contributed by atoms with Gasteiger partial charge in [-0.05, 0) is 49.4 Å². The summed E-state index contributed by atoms with van der Waals surface area (Å²) < 4.78 is 0. The minimum atomic E-state index is -0.651. The quantitative estimate of drug-likeness (QED) is 0.771. The number of hydrogen-bond donors (Lipinski definition) is 1. The highest BCUT2D eigenvalue weighted by Gasteiger charge is 2.32. The maximum atomic E-state index is 10.6. The van der Waals surface area contributed by atoms with E-state index >= 15 is 0 Å². The summed E-state index contributed by atoms with van der Waals surface area (Å²) in [6, 6.07) is 0. The van der Waals surface area contributed by atoms with Gasteiger partial charge < -0.3 is 5.11 Å². The van der Waals surface area contributed by atoms with Crippen molar-refractivity contribution in [3.8, 4) is 0 Å². The standard InChI is InChI=1S/C13H24O2/c1-10(2)11-4-7-13(3,8-5-11)9-6-12(14)15/h10-11H,4-9H2,1-3H3,(H,14,15). The molecular weight excluding hydrogens is 188 g/mol. The first-order valence-electron chi connectivity index (χ1n) is 6.15. The van der Waals surface area contributed by atoms with Crippen LogP contribution in [0.1, 0.15) is 59.3 Å². The maximum absolute atomic E-state index is 10.6. The zero-order valence-electron chi connectivity index (χ0n) is 10.3. The van der Waals surface area contributed by atoms with E-state index in [1.54, 1.807) is 0 Å². The van der Waals surface area contributed by atoms with Gasteiger partial charge in [0.2, 0.25) is 0 Å². The molecule has 1 saturated carbocycles. The fourth-order valence-electron chi connectivity index (χ4n) is 2.66. The van der Waals surface area contributed by atoms with Gasteiger partial charge in [-0.3, -0.25) is 4.79 Å². The van der Waals surface area contributed by atoms with Crippen molar-refractivity contribution in [2.24, 2.45) is 17.3 Å². The van der Waals surface area contributed by atoms with Gasteiger partial charge in [0.05, 0.1) is 0 Å². The molecule has 15 heavy (non-hydrogen) atoms. The van der Waals surface area contributed by atoms with Gasteiger partial charge in [-0.1, -0.05) is 20.8 Å². The molecule has 0 spiro atoms. The molecule has 0 aromatic rings. The molecule has 88 valence electrons. The molecule has 0 atom stereocenters. The largest absolute Gasteiger partial charge is 0.481 e. The summed E-state index contributed by atoms with van der Waals surface area (Å²) in [6.45, 7) is 6.85. The third-order valence-electron chi connectivity index (χ3n) is 4.12. The van der Waals surface area contributed by atoms with Gasteiger partial charge in [0.15, 0.2) is 0 Å². The molecule has 1 fully saturated rings. The molecule has 0 unspecified atom stereocenters. The van der Waals surface area contributed by atoms with Crippen molar-refractivity contribution in [2.75, 3.05) is 0 Å². The molecule has 0 amide bonds. The zero-order valence-corrected chi connectivity index (χ0v) is 10.3. The van der Waals surface area contributed by atoms with E-state index in [1.165, 1.54) is 25.7 Å². The second kappa shape index (κ2) is 5.00. The molecule has 0 aromatic carbocycles. The van der Waals surface area contributed by atoms with E-state index in [4.69, 9.17) is 5.11 Å². The number of carbonyl (C=O) groups is 1. The molecule has 0 aliphatic heterocycles. The average molecular weight is 212 g/mol. The van der Waals surface area contributed by atoms with Crippen LogP contribution in [0.25, 0.3) is 0 Å². The lowest BCUT2D eigenvalue weighted by atomic mass is 9.67. The van der Waals surface area contributed by atoms with Crippen LogP contribution in [-0.4, -0.2) is 11.1 Å². The Morgan fingerprint density at radius 1 is 1.40 bits per heavy atom. The van der Waals surface area contributed by atoms with E-state index < -0.39 is 5.97 Å². The van der Waals surface area contributed by atoms with Crippen molar-refractivity contribution in [3.05, 3.63) is 0 Å². The molecule has 1 N–H and O–H groups in total. The molecule has 1 aliphatic rings. The van der Waals surface area contributed by atoms with Crippen LogP contribution >= 0.6 is 0 Å². The van der Waals surface area contributed by atoms with Crippen molar-refractivity contribution in [1.82, 2.24) is 0 Å². The highest BCUT2D eigenvalue weighted by molar-refractivity contribution is 5.66. The number of carboxylic acid groups (broad SMARTS) is 1. The van der Waals surface area contributed by atoms with E-state index in [0.29, 0.717) is 11.8 Å². The summed E-state index contributed by atoms with van der Waals surface area (Å²) in [4.78, 5) is 10.6. The van der Waals surface area contributed by atoms with Crippen molar-refractivity contribution in [1.29, 1.82) is 0 Å². The van der Waals surface area contributed by atoms with Gasteiger partial charge >= 0.3 is 5.97 Å². The van der Waals surface area contributed by atoms with Crippen LogP contribution in [0.2, 0.25) is 0 Å². The van der Waals surface area contributed by atoms with Crippen LogP contribution in [0.4, 0.5) is 0 Å². The monoisotopic (exact) mass is 212 g/mol. The van der Waals surface area contributed by atoms with Crippen LogP contribution in [-0.2, 0) is 4.79 Å². The molecular formula is C13H24O2. The third-order valence-corrected chi connectivity index (χ3v) is 4.12. The van der Waals surface area contributed by atoms with Gasteiger partial charge in [0, 0.05) is 6.42 Å². The minimum absolute atomic E-state index is 0.295.